The van der Waals surface area contributed by atoms with Crippen LogP contribution in [0.25, 0.3) is 16.8 Å². The lowest BCUT2D eigenvalue weighted by Crippen LogP contribution is -2.39. The number of ether oxygens (including phenoxy) is 1. The molecule has 204 valence electrons. The van der Waals surface area contributed by atoms with Gasteiger partial charge in [-0.1, -0.05) is 24.8 Å². The van der Waals surface area contributed by atoms with Gasteiger partial charge in [-0.2, -0.15) is 0 Å². The minimum atomic E-state index is -0.289. The Labute approximate surface area is 228 Å². The third kappa shape index (κ3) is 6.00. The second-order valence-corrected chi connectivity index (χ2v) is 9.40. The third-order valence-electron chi connectivity index (χ3n) is 6.52. The smallest absolute Gasteiger partial charge is 0.409 e. The van der Waals surface area contributed by atoms with Gasteiger partial charge in [0.25, 0.3) is 5.91 Å². The maximum atomic E-state index is 12.8. The number of likely N-dealkylation sites (tertiary alicyclic amines) is 1. The highest BCUT2D eigenvalue weighted by Crippen LogP contribution is 2.35. The molecule has 2 aromatic heterocycles. The lowest BCUT2D eigenvalue weighted by molar-refractivity contribution is 0.0949. The molecule has 1 saturated heterocycles. The number of nitrogens with zero attached hydrogens (tertiary/aromatic N) is 6. The maximum absolute atomic E-state index is 12.8. The Kier molecular flexibility index (Phi) is 8.75. The maximum Gasteiger partial charge on any atom is 0.409 e. The first kappa shape index (κ1) is 27.6. The minimum Gasteiger partial charge on any atom is -0.450 e. The van der Waals surface area contributed by atoms with Gasteiger partial charge in [-0.3, -0.25) is 9.20 Å². The van der Waals surface area contributed by atoms with Gasteiger partial charge in [0.1, 0.15) is 22.9 Å². The first-order chi connectivity index (χ1) is 18.9. The van der Waals surface area contributed by atoms with E-state index in [0.29, 0.717) is 31.1 Å². The fraction of sp³-hybridized carbons (Fsp3) is 0.345. The number of imidazole rings is 1. The summed E-state index contributed by atoms with van der Waals surface area (Å²) >= 11 is 0. The second-order valence-electron chi connectivity index (χ2n) is 9.40. The molecular formula is C29H35N7O3. The number of hydrogen-bond donors (Lipinski definition) is 1. The number of allylic oxidation sites excluding steroid dienone is 1. The quantitative estimate of drug-likeness (QED) is 0.353. The van der Waals surface area contributed by atoms with Crippen molar-refractivity contribution in [1.29, 1.82) is 0 Å². The molecule has 3 aromatic rings. The van der Waals surface area contributed by atoms with Gasteiger partial charge < -0.3 is 19.9 Å². The number of amides is 2. The number of nitrogens with one attached hydrogen (secondary N) is 1. The normalized spacial score (nSPS) is 15.9. The van der Waals surface area contributed by atoms with Gasteiger partial charge in [0.05, 0.1) is 6.61 Å². The molecule has 39 heavy (non-hydrogen) atoms. The molecule has 2 amide bonds. The summed E-state index contributed by atoms with van der Waals surface area (Å²) in [4.78, 5) is 42.8. The number of benzene rings is 1. The van der Waals surface area contributed by atoms with E-state index in [1.807, 2.05) is 51.2 Å². The van der Waals surface area contributed by atoms with Crippen molar-refractivity contribution in [3.63, 3.8) is 0 Å². The molecule has 1 aliphatic rings. The molecule has 0 radical (unpaired) electrons. The van der Waals surface area contributed by atoms with E-state index in [1.165, 1.54) is 6.08 Å². The van der Waals surface area contributed by atoms with Crippen molar-refractivity contribution in [3.05, 3.63) is 73.0 Å². The predicted molar refractivity (Wildman–Crippen MR) is 153 cm³/mol. The van der Waals surface area contributed by atoms with Gasteiger partial charge in [0.15, 0.2) is 5.82 Å². The van der Waals surface area contributed by atoms with Crippen molar-refractivity contribution in [2.24, 2.45) is 4.99 Å². The third-order valence-corrected chi connectivity index (χ3v) is 6.52. The molecule has 4 rings (SSSR count). The summed E-state index contributed by atoms with van der Waals surface area (Å²) in [5.74, 6) is 1.79. The molecule has 1 aliphatic heterocycles. The van der Waals surface area contributed by atoms with E-state index in [1.54, 1.807) is 35.5 Å². The van der Waals surface area contributed by atoms with Crippen LogP contribution in [-0.2, 0) is 4.74 Å². The second kappa shape index (κ2) is 12.4. The van der Waals surface area contributed by atoms with Gasteiger partial charge >= 0.3 is 6.09 Å². The van der Waals surface area contributed by atoms with Crippen molar-refractivity contribution in [2.45, 2.75) is 32.6 Å². The van der Waals surface area contributed by atoms with E-state index in [4.69, 9.17) is 9.72 Å². The summed E-state index contributed by atoms with van der Waals surface area (Å²) in [5.41, 5.74) is 2.98. The Morgan fingerprint density at radius 1 is 1.28 bits per heavy atom. The molecule has 0 bridgehead atoms. The Morgan fingerprint density at radius 3 is 2.72 bits per heavy atom. The van der Waals surface area contributed by atoms with E-state index in [0.717, 1.165) is 41.3 Å². The standard InChI is InChI=1S/C29H35N7O3/c1-6-15-30-23(7-2)32-28(37)21-13-11-20(12-14-21)24-25-27(34(4)5)31-16-18-36(25)26(33-24)22-10-9-17-35(19-22)29(38)39-8-3/h6-7,11-16,18,22H,2,8-10,17,19H2,1,3-5H3,(H,30,32,37). The molecule has 1 unspecified atom stereocenters. The van der Waals surface area contributed by atoms with Gasteiger partial charge in [-0.25, -0.2) is 19.8 Å². The number of fused-ring (bicyclic) bond motifs is 1. The average molecular weight is 530 g/mol. The molecule has 1 N–H and O–H groups in total. The van der Waals surface area contributed by atoms with Crippen LogP contribution in [0.3, 0.4) is 0 Å². The first-order valence-corrected chi connectivity index (χ1v) is 13.1. The van der Waals surface area contributed by atoms with Gasteiger partial charge in [-0.05, 0) is 44.9 Å². The summed E-state index contributed by atoms with van der Waals surface area (Å²) in [6.45, 7) is 8.92. The summed E-state index contributed by atoms with van der Waals surface area (Å²) in [7, 11) is 3.89. The zero-order valence-corrected chi connectivity index (χ0v) is 22.9. The van der Waals surface area contributed by atoms with Gasteiger partial charge in [0.2, 0.25) is 0 Å². The van der Waals surface area contributed by atoms with Crippen LogP contribution >= 0.6 is 0 Å². The molecule has 3 heterocycles. The number of aromatic nitrogens is 3. The van der Waals surface area contributed by atoms with E-state index >= 15 is 0 Å². The van der Waals surface area contributed by atoms with E-state index in [2.05, 4.69) is 26.3 Å². The highest BCUT2D eigenvalue weighted by Gasteiger charge is 2.30. The summed E-state index contributed by atoms with van der Waals surface area (Å²) < 4.78 is 7.33. The number of piperidine rings is 1. The van der Waals surface area contributed by atoms with Crippen molar-refractivity contribution in [2.75, 3.05) is 38.7 Å². The Hall–Kier alpha value is -4.47. The molecule has 0 aliphatic carbocycles. The SMILES string of the molecule is C=CC(=NC=CC)NC(=O)c1ccc(-c2nc(C3CCCN(C(=O)OCC)C3)n3ccnc(N(C)C)c23)cc1. The van der Waals surface area contributed by atoms with Crippen LogP contribution < -0.4 is 10.2 Å². The fourth-order valence-corrected chi connectivity index (χ4v) is 4.69. The molecule has 10 nitrogen and oxygen atoms in total. The number of rotatable bonds is 7. The van der Waals surface area contributed by atoms with Crippen LogP contribution in [0.2, 0.25) is 0 Å². The fourth-order valence-electron chi connectivity index (χ4n) is 4.69. The molecule has 10 heteroatoms. The summed E-state index contributed by atoms with van der Waals surface area (Å²) in [5, 5.41) is 2.76. The largest absolute Gasteiger partial charge is 0.450 e. The lowest BCUT2D eigenvalue weighted by Gasteiger charge is -2.31. The minimum absolute atomic E-state index is 0.0423. The molecule has 0 saturated carbocycles. The van der Waals surface area contributed by atoms with Crippen molar-refractivity contribution < 1.29 is 14.3 Å². The first-order valence-electron chi connectivity index (χ1n) is 13.1. The highest BCUT2D eigenvalue weighted by atomic mass is 16.6. The molecule has 1 fully saturated rings. The molecule has 1 aromatic carbocycles. The number of anilines is 1. The zero-order valence-electron chi connectivity index (χ0n) is 22.9. The van der Waals surface area contributed by atoms with Gasteiger partial charge in [-0.15, -0.1) is 0 Å². The Bertz CT molecular complexity index is 1410. The lowest BCUT2D eigenvalue weighted by atomic mass is 9.97. The average Bonchev–Trinajstić information content (AvgIpc) is 3.35. The monoisotopic (exact) mass is 529 g/mol. The van der Waals surface area contributed by atoms with Gasteiger partial charge in [0, 0.05) is 62.8 Å². The van der Waals surface area contributed by atoms with Crippen molar-refractivity contribution in [1.82, 2.24) is 24.6 Å². The van der Waals surface area contributed by atoms with Crippen LogP contribution in [0.1, 0.15) is 48.8 Å². The Morgan fingerprint density at radius 2 is 2.05 bits per heavy atom. The van der Waals surface area contributed by atoms with E-state index in [-0.39, 0.29) is 17.9 Å². The van der Waals surface area contributed by atoms with Crippen molar-refractivity contribution in [3.8, 4) is 11.3 Å². The van der Waals surface area contributed by atoms with E-state index < -0.39 is 0 Å². The molecule has 1 atom stereocenters. The number of carbonyl (C=O) groups is 2. The van der Waals surface area contributed by atoms with E-state index in [9.17, 15) is 9.59 Å². The number of amidine groups is 1. The highest BCUT2D eigenvalue weighted by molar-refractivity contribution is 6.10. The number of hydrogen-bond acceptors (Lipinski definition) is 7. The zero-order chi connectivity index (χ0) is 27.9. The summed E-state index contributed by atoms with van der Waals surface area (Å²) in [6, 6.07) is 7.30. The summed E-state index contributed by atoms with van der Waals surface area (Å²) in [6.07, 6.45) is 10.0. The number of carbonyl (C=O) groups excluding carboxylic acids is 2. The van der Waals surface area contributed by atoms with Crippen LogP contribution in [0.15, 0.2) is 66.6 Å². The molecular weight excluding hydrogens is 494 g/mol. The van der Waals surface area contributed by atoms with Crippen molar-refractivity contribution >= 4 is 29.2 Å². The Balaban J connectivity index is 1.71. The number of aliphatic imine (C=N–C) groups is 1. The van der Waals surface area contributed by atoms with Crippen LogP contribution in [0.4, 0.5) is 10.6 Å². The molecule has 0 spiro atoms. The topological polar surface area (TPSA) is 104 Å². The predicted octanol–water partition coefficient (Wildman–Crippen LogP) is 4.65. The van der Waals surface area contributed by atoms with Crippen LogP contribution in [0.5, 0.6) is 0 Å². The van der Waals surface area contributed by atoms with Crippen LogP contribution in [-0.4, -0.2) is 70.9 Å². The van der Waals surface area contributed by atoms with Crippen LogP contribution in [0, 0.1) is 0 Å².